The molecule has 0 bridgehead atoms. The summed E-state index contributed by atoms with van der Waals surface area (Å²) in [5, 5.41) is 0. The van der Waals surface area contributed by atoms with Crippen molar-refractivity contribution in [2.45, 2.75) is 32.1 Å². The molecule has 1 heterocycles. The minimum atomic E-state index is 0.224. The fraction of sp³-hybridized carbons (Fsp3) is 0.923. The molecule has 0 aromatic rings. The van der Waals surface area contributed by atoms with E-state index in [1.54, 1.807) is 0 Å². The number of aliphatic imine (C=N–C) groups is 1. The maximum atomic E-state index is 5.50. The van der Waals surface area contributed by atoms with Crippen LogP contribution in [-0.2, 0) is 4.74 Å². The molecule has 0 atom stereocenters. The molecule has 0 aromatic heterocycles. The number of morpholine rings is 1. The predicted octanol–water partition coefficient (Wildman–Crippen LogP) is 0.542. The van der Waals surface area contributed by atoms with Gasteiger partial charge in [-0.3, -0.25) is 9.89 Å². The molecule has 2 rings (SSSR count). The van der Waals surface area contributed by atoms with Crippen molar-refractivity contribution >= 4 is 5.96 Å². The molecule has 104 valence electrons. The maximum absolute atomic E-state index is 5.50. The Morgan fingerprint density at radius 1 is 1.11 bits per heavy atom. The third-order valence-corrected chi connectivity index (χ3v) is 4.17. The van der Waals surface area contributed by atoms with Gasteiger partial charge in [-0.1, -0.05) is 19.3 Å². The summed E-state index contributed by atoms with van der Waals surface area (Å²) >= 11 is 0. The summed E-state index contributed by atoms with van der Waals surface area (Å²) < 4.78 is 5.41. The fourth-order valence-corrected chi connectivity index (χ4v) is 3.16. The first kappa shape index (κ1) is 13.6. The predicted molar refractivity (Wildman–Crippen MR) is 73.5 cm³/mol. The zero-order valence-corrected chi connectivity index (χ0v) is 11.2. The summed E-state index contributed by atoms with van der Waals surface area (Å²) in [5.74, 6) is 0.224. The van der Waals surface area contributed by atoms with Crippen LogP contribution in [0.25, 0.3) is 0 Å². The van der Waals surface area contributed by atoms with Crippen LogP contribution in [0.5, 0.6) is 0 Å². The van der Waals surface area contributed by atoms with Crippen LogP contribution in [0.15, 0.2) is 4.99 Å². The van der Waals surface area contributed by atoms with Crippen molar-refractivity contribution in [2.24, 2.45) is 21.9 Å². The van der Waals surface area contributed by atoms with Crippen molar-refractivity contribution in [3.05, 3.63) is 0 Å². The largest absolute Gasteiger partial charge is 0.379 e. The molecule has 4 N–H and O–H groups in total. The van der Waals surface area contributed by atoms with Gasteiger partial charge in [-0.2, -0.15) is 0 Å². The van der Waals surface area contributed by atoms with Gasteiger partial charge in [-0.25, -0.2) is 0 Å². The fourth-order valence-electron chi connectivity index (χ4n) is 3.16. The Hall–Kier alpha value is -0.810. The van der Waals surface area contributed by atoms with Crippen molar-refractivity contribution in [1.82, 2.24) is 4.90 Å². The molecule has 2 aliphatic rings. The van der Waals surface area contributed by atoms with E-state index < -0.39 is 0 Å². The topological polar surface area (TPSA) is 76.9 Å². The number of guanidine groups is 1. The maximum Gasteiger partial charge on any atom is 0.185 e. The van der Waals surface area contributed by atoms with E-state index in [1.807, 2.05) is 0 Å². The van der Waals surface area contributed by atoms with Gasteiger partial charge >= 0.3 is 0 Å². The van der Waals surface area contributed by atoms with E-state index in [0.29, 0.717) is 5.41 Å². The molecule has 1 saturated carbocycles. The van der Waals surface area contributed by atoms with Gasteiger partial charge in [0.2, 0.25) is 0 Å². The van der Waals surface area contributed by atoms with Crippen LogP contribution < -0.4 is 11.5 Å². The zero-order valence-electron chi connectivity index (χ0n) is 11.2. The van der Waals surface area contributed by atoms with Gasteiger partial charge in [0, 0.05) is 31.6 Å². The van der Waals surface area contributed by atoms with E-state index in [1.165, 1.54) is 32.1 Å². The van der Waals surface area contributed by atoms with E-state index in [2.05, 4.69) is 9.89 Å². The van der Waals surface area contributed by atoms with E-state index in [0.717, 1.165) is 39.4 Å². The van der Waals surface area contributed by atoms with Crippen molar-refractivity contribution in [1.29, 1.82) is 0 Å². The lowest BCUT2D eigenvalue weighted by molar-refractivity contribution is 0.00940. The highest BCUT2D eigenvalue weighted by atomic mass is 16.5. The van der Waals surface area contributed by atoms with Crippen molar-refractivity contribution in [2.75, 3.05) is 39.4 Å². The Morgan fingerprint density at radius 3 is 2.39 bits per heavy atom. The lowest BCUT2D eigenvalue weighted by Gasteiger charge is -2.41. The summed E-state index contributed by atoms with van der Waals surface area (Å²) in [5.41, 5.74) is 11.3. The van der Waals surface area contributed by atoms with E-state index in [-0.39, 0.29) is 5.96 Å². The van der Waals surface area contributed by atoms with Crippen LogP contribution in [0, 0.1) is 5.41 Å². The van der Waals surface area contributed by atoms with Crippen LogP contribution in [-0.4, -0.2) is 50.3 Å². The van der Waals surface area contributed by atoms with Gasteiger partial charge in [0.05, 0.1) is 13.2 Å². The first-order valence-electron chi connectivity index (χ1n) is 7.06. The number of hydrogen-bond donors (Lipinski definition) is 2. The minimum Gasteiger partial charge on any atom is -0.379 e. The molecule has 5 heteroatoms. The Bertz CT molecular complexity index is 277. The molecule has 1 saturated heterocycles. The molecule has 1 aliphatic heterocycles. The Kier molecular flexibility index (Phi) is 4.83. The first-order chi connectivity index (χ1) is 8.70. The summed E-state index contributed by atoms with van der Waals surface area (Å²) in [4.78, 5) is 6.81. The second-order valence-corrected chi connectivity index (χ2v) is 5.69. The van der Waals surface area contributed by atoms with Crippen LogP contribution >= 0.6 is 0 Å². The monoisotopic (exact) mass is 254 g/mol. The van der Waals surface area contributed by atoms with E-state index in [4.69, 9.17) is 16.2 Å². The summed E-state index contributed by atoms with van der Waals surface area (Å²) in [7, 11) is 0. The van der Waals surface area contributed by atoms with Crippen LogP contribution in [0.1, 0.15) is 32.1 Å². The summed E-state index contributed by atoms with van der Waals surface area (Å²) in [6, 6.07) is 0. The first-order valence-corrected chi connectivity index (χ1v) is 7.06. The molecule has 18 heavy (non-hydrogen) atoms. The van der Waals surface area contributed by atoms with Gasteiger partial charge in [0.15, 0.2) is 5.96 Å². The molecular weight excluding hydrogens is 228 g/mol. The lowest BCUT2D eigenvalue weighted by Crippen LogP contribution is -2.46. The SMILES string of the molecule is NC(N)=NCC1(CN2CCOCC2)CCCCC1. The quantitative estimate of drug-likeness (QED) is 0.567. The van der Waals surface area contributed by atoms with Gasteiger partial charge in [-0.05, 0) is 12.8 Å². The Morgan fingerprint density at radius 2 is 1.78 bits per heavy atom. The normalized spacial score (nSPS) is 24.7. The standard InChI is InChI=1S/C13H26N4O/c14-12(15)16-10-13(4-2-1-3-5-13)11-17-6-8-18-9-7-17/h1-11H2,(H4,14,15,16). The molecule has 0 radical (unpaired) electrons. The number of hydrogen-bond acceptors (Lipinski definition) is 3. The van der Waals surface area contributed by atoms with E-state index in [9.17, 15) is 0 Å². The smallest absolute Gasteiger partial charge is 0.185 e. The zero-order chi connectivity index (χ0) is 12.8. The number of nitrogens with two attached hydrogens (primary N) is 2. The van der Waals surface area contributed by atoms with Gasteiger partial charge in [-0.15, -0.1) is 0 Å². The van der Waals surface area contributed by atoms with Crippen molar-refractivity contribution in [3.8, 4) is 0 Å². The molecule has 0 unspecified atom stereocenters. The average molecular weight is 254 g/mol. The third kappa shape index (κ3) is 3.85. The average Bonchev–Trinajstić information content (AvgIpc) is 2.39. The molecule has 0 aromatic carbocycles. The van der Waals surface area contributed by atoms with Crippen LogP contribution in [0.2, 0.25) is 0 Å². The van der Waals surface area contributed by atoms with Crippen LogP contribution in [0.3, 0.4) is 0 Å². The molecule has 2 fully saturated rings. The molecular formula is C13H26N4O. The van der Waals surface area contributed by atoms with Gasteiger partial charge < -0.3 is 16.2 Å². The summed E-state index contributed by atoms with van der Waals surface area (Å²) in [6.07, 6.45) is 6.48. The molecule has 1 aliphatic carbocycles. The highest BCUT2D eigenvalue weighted by Gasteiger charge is 2.34. The second kappa shape index (κ2) is 6.38. The van der Waals surface area contributed by atoms with E-state index >= 15 is 0 Å². The van der Waals surface area contributed by atoms with Gasteiger partial charge in [0.1, 0.15) is 0 Å². The minimum absolute atomic E-state index is 0.224. The number of ether oxygens (including phenoxy) is 1. The van der Waals surface area contributed by atoms with Crippen molar-refractivity contribution in [3.63, 3.8) is 0 Å². The Balaban J connectivity index is 1.96. The molecule has 5 nitrogen and oxygen atoms in total. The van der Waals surface area contributed by atoms with Crippen molar-refractivity contribution < 1.29 is 4.74 Å². The highest BCUT2D eigenvalue weighted by Crippen LogP contribution is 2.37. The molecule has 0 spiro atoms. The third-order valence-electron chi connectivity index (χ3n) is 4.17. The second-order valence-electron chi connectivity index (χ2n) is 5.69. The van der Waals surface area contributed by atoms with Crippen LogP contribution in [0.4, 0.5) is 0 Å². The van der Waals surface area contributed by atoms with Gasteiger partial charge in [0.25, 0.3) is 0 Å². The lowest BCUT2D eigenvalue weighted by atomic mass is 9.73. The molecule has 0 amide bonds. The summed E-state index contributed by atoms with van der Waals surface area (Å²) in [6.45, 7) is 5.71. The number of nitrogens with zero attached hydrogens (tertiary/aromatic N) is 2. The highest BCUT2D eigenvalue weighted by molar-refractivity contribution is 5.75. The Labute approximate surface area is 110 Å². The number of rotatable bonds is 4.